The summed E-state index contributed by atoms with van der Waals surface area (Å²) in [6.45, 7) is 2.32. The first-order valence-electron chi connectivity index (χ1n) is 11.8. The van der Waals surface area contributed by atoms with Crippen LogP contribution in [0, 0.1) is 5.21 Å². The van der Waals surface area contributed by atoms with Crippen LogP contribution in [0.4, 0.5) is 0 Å². The summed E-state index contributed by atoms with van der Waals surface area (Å²) in [4.78, 5) is 19.8. The molecular weight excluding hydrogens is 516 g/mol. The highest BCUT2D eigenvalue weighted by atomic mass is 35.5. The molecule has 1 heterocycles. The second-order valence-corrected chi connectivity index (χ2v) is 8.71. The molecule has 0 amide bonds. The van der Waals surface area contributed by atoms with Crippen LogP contribution in [0.3, 0.4) is 0 Å². The van der Waals surface area contributed by atoms with Crippen molar-refractivity contribution >= 4 is 17.6 Å². The van der Waals surface area contributed by atoms with Crippen molar-refractivity contribution in [2.45, 2.75) is 50.6 Å². The molecule has 1 aliphatic heterocycles. The van der Waals surface area contributed by atoms with Crippen molar-refractivity contribution in [2.75, 3.05) is 45.3 Å². The molecule has 0 spiro atoms. The molecule has 14 nitrogen and oxygen atoms in total. The first-order valence-corrected chi connectivity index (χ1v) is 12.3. The quantitative estimate of drug-likeness (QED) is 0.0461. The number of halogens is 1. The number of hydrogen-bond acceptors (Lipinski definition) is 12. The van der Waals surface area contributed by atoms with E-state index < -0.39 is 49.8 Å². The number of esters is 1. The molecule has 1 aliphatic rings. The first kappa shape index (κ1) is 30.8. The maximum atomic E-state index is 12.7. The Morgan fingerprint density at radius 2 is 1.92 bits per heavy atom. The zero-order chi connectivity index (χ0) is 27.4. The lowest BCUT2D eigenvalue weighted by Gasteiger charge is -2.39. The van der Waals surface area contributed by atoms with E-state index in [0.29, 0.717) is 24.5 Å². The molecule has 0 unspecified atom stereocenters. The van der Waals surface area contributed by atoms with Crippen LogP contribution in [0.2, 0.25) is 0 Å². The van der Waals surface area contributed by atoms with Gasteiger partial charge in [-0.25, -0.2) is 4.79 Å². The SMILES string of the molecule is CCCN(CCCl)CCO/N=[N+](/[O-])N(CC(=O)O[C@@H]1O[C@H](CO)[C@H](O)[C@H](O)[C@H]1O)Cc1ccccc1O. The fourth-order valence-corrected chi connectivity index (χ4v) is 3.82. The average molecular weight is 551 g/mol. The number of aromatic hydroxyl groups is 1. The predicted octanol–water partition coefficient (Wildman–Crippen LogP) is -0.703. The maximum Gasteiger partial charge on any atom is 0.333 e. The third-order valence-electron chi connectivity index (χ3n) is 5.56. The average Bonchev–Trinajstić information content (AvgIpc) is 2.87. The second-order valence-electron chi connectivity index (χ2n) is 8.34. The number of hydrogen-bond donors (Lipinski definition) is 5. The molecule has 37 heavy (non-hydrogen) atoms. The Kier molecular flexibility index (Phi) is 13.1. The molecule has 210 valence electrons. The molecule has 1 fully saturated rings. The van der Waals surface area contributed by atoms with E-state index in [2.05, 4.69) is 5.28 Å². The molecular formula is C22H35ClN4O10. The smallest absolute Gasteiger partial charge is 0.333 e. The number of ether oxygens (including phenoxy) is 2. The highest BCUT2D eigenvalue weighted by Gasteiger charge is 2.45. The van der Waals surface area contributed by atoms with Gasteiger partial charge >= 0.3 is 5.97 Å². The van der Waals surface area contributed by atoms with Gasteiger partial charge in [-0.05, 0) is 19.0 Å². The van der Waals surface area contributed by atoms with E-state index in [0.717, 1.165) is 18.0 Å². The summed E-state index contributed by atoms with van der Waals surface area (Å²) in [5, 5.41) is 66.2. The molecule has 1 saturated heterocycles. The summed E-state index contributed by atoms with van der Waals surface area (Å²) in [5.41, 5.74) is 0.301. The molecule has 15 heteroatoms. The molecule has 1 aromatic rings. The van der Waals surface area contributed by atoms with Gasteiger partial charge in [-0.15, -0.1) is 16.6 Å². The van der Waals surface area contributed by atoms with Gasteiger partial charge in [-0.1, -0.05) is 25.1 Å². The zero-order valence-electron chi connectivity index (χ0n) is 20.5. The van der Waals surface area contributed by atoms with E-state index in [4.69, 9.17) is 25.9 Å². The number of hydrazine groups is 1. The van der Waals surface area contributed by atoms with Crippen LogP contribution >= 0.6 is 11.6 Å². The third kappa shape index (κ3) is 9.41. The van der Waals surface area contributed by atoms with Gasteiger partial charge in [0, 0.05) is 24.5 Å². The number of alkyl halides is 1. The van der Waals surface area contributed by atoms with Gasteiger partial charge in [0.05, 0.1) is 11.6 Å². The summed E-state index contributed by atoms with van der Waals surface area (Å²) < 4.78 is 10.2. The van der Waals surface area contributed by atoms with Crippen LogP contribution in [0.15, 0.2) is 29.5 Å². The Labute approximate surface area is 219 Å². The standard InChI is InChI=1S/C22H35ClN4O10/c1-2-8-25(9-7-23)10-11-35-24-27(34)26(12-15-5-3-4-6-16(15)29)13-18(30)37-22-21(33)20(32)19(31)17(14-28)36-22/h3-6,17,19-22,28-29,31-33H,2,7-14H2,1H3/b27-24+/t17-,19+,20+,21-,22+/m1/s1. The minimum atomic E-state index is -1.80. The van der Waals surface area contributed by atoms with Crippen LogP contribution < -0.4 is 0 Å². The first-order chi connectivity index (χ1) is 17.7. The van der Waals surface area contributed by atoms with Gasteiger partial charge in [-0.2, -0.15) is 0 Å². The summed E-state index contributed by atoms with van der Waals surface area (Å²) in [6.07, 6.45) is -7.26. The second kappa shape index (κ2) is 15.7. The fourth-order valence-electron chi connectivity index (χ4n) is 3.58. The van der Waals surface area contributed by atoms with E-state index in [1.54, 1.807) is 12.1 Å². The summed E-state index contributed by atoms with van der Waals surface area (Å²) in [5.74, 6) is -0.747. The number of rotatable bonds is 15. The number of benzene rings is 1. The Morgan fingerprint density at radius 3 is 2.57 bits per heavy atom. The Balaban J connectivity index is 2.07. The monoisotopic (exact) mass is 550 g/mol. The van der Waals surface area contributed by atoms with Crippen molar-refractivity contribution in [1.82, 2.24) is 9.91 Å². The van der Waals surface area contributed by atoms with E-state index in [9.17, 15) is 35.5 Å². The van der Waals surface area contributed by atoms with Crippen LogP contribution in [0.25, 0.3) is 0 Å². The lowest BCUT2D eigenvalue weighted by atomic mass is 9.99. The van der Waals surface area contributed by atoms with Crippen molar-refractivity contribution in [3.8, 4) is 5.75 Å². The topological polar surface area (TPSA) is 191 Å². The Morgan fingerprint density at radius 1 is 1.19 bits per heavy atom. The summed E-state index contributed by atoms with van der Waals surface area (Å²) in [6, 6.07) is 6.15. The van der Waals surface area contributed by atoms with Gasteiger partial charge in [0.2, 0.25) is 11.6 Å². The van der Waals surface area contributed by atoms with E-state index in [1.165, 1.54) is 12.1 Å². The molecule has 0 aromatic heterocycles. The summed E-state index contributed by atoms with van der Waals surface area (Å²) >= 11 is 5.79. The van der Waals surface area contributed by atoms with Crippen molar-refractivity contribution < 1.29 is 49.6 Å². The lowest BCUT2D eigenvalue weighted by molar-refractivity contribution is -0.712. The minimum Gasteiger partial charge on any atom is -0.569 e. The molecule has 0 aliphatic carbocycles. The molecule has 0 bridgehead atoms. The van der Waals surface area contributed by atoms with Crippen LogP contribution in [0.1, 0.15) is 18.9 Å². The number of aliphatic hydroxyl groups excluding tert-OH is 4. The fraction of sp³-hybridized carbons (Fsp3) is 0.682. The van der Waals surface area contributed by atoms with E-state index >= 15 is 0 Å². The number of para-hydroxylation sites is 1. The number of aliphatic hydroxyl groups is 4. The van der Waals surface area contributed by atoms with Gasteiger partial charge in [0.15, 0.2) is 6.54 Å². The normalized spacial score (nSPS) is 24.2. The predicted molar refractivity (Wildman–Crippen MR) is 128 cm³/mol. The van der Waals surface area contributed by atoms with Crippen molar-refractivity contribution in [3.63, 3.8) is 0 Å². The van der Waals surface area contributed by atoms with Crippen LogP contribution in [-0.2, 0) is 25.7 Å². The number of carbonyl (C=O) groups excluding carboxylic acids is 1. The largest absolute Gasteiger partial charge is 0.569 e. The van der Waals surface area contributed by atoms with E-state index in [-0.39, 0.29) is 23.9 Å². The molecule has 2 rings (SSSR count). The zero-order valence-corrected chi connectivity index (χ0v) is 21.3. The highest BCUT2D eigenvalue weighted by molar-refractivity contribution is 6.18. The molecule has 5 N–H and O–H groups in total. The summed E-state index contributed by atoms with van der Waals surface area (Å²) in [7, 11) is 0. The number of nitrogens with zero attached hydrogens (tertiary/aromatic N) is 4. The number of phenols is 1. The lowest BCUT2D eigenvalue weighted by Crippen LogP contribution is -2.59. The van der Waals surface area contributed by atoms with Gasteiger partial charge in [-0.3, -0.25) is 4.90 Å². The number of carbonyl (C=O) groups is 1. The molecule has 0 radical (unpaired) electrons. The van der Waals surface area contributed by atoms with Crippen molar-refractivity contribution in [2.24, 2.45) is 5.28 Å². The highest BCUT2D eigenvalue weighted by Crippen LogP contribution is 2.23. The van der Waals surface area contributed by atoms with Crippen molar-refractivity contribution in [1.29, 1.82) is 0 Å². The Hall–Kier alpha value is -2.46. The van der Waals surface area contributed by atoms with E-state index in [1.807, 2.05) is 11.8 Å². The molecule has 1 aromatic carbocycles. The van der Waals surface area contributed by atoms with Crippen molar-refractivity contribution in [3.05, 3.63) is 35.0 Å². The van der Waals surface area contributed by atoms with Gasteiger partial charge < -0.3 is 45.1 Å². The van der Waals surface area contributed by atoms with Crippen LogP contribution in [0.5, 0.6) is 5.75 Å². The third-order valence-corrected chi connectivity index (χ3v) is 5.73. The van der Waals surface area contributed by atoms with Gasteiger partial charge in [0.1, 0.15) is 43.3 Å². The van der Waals surface area contributed by atoms with Gasteiger partial charge in [0.25, 0.3) is 0 Å². The number of phenolic OH excluding ortho intramolecular Hbond substituents is 1. The van der Waals surface area contributed by atoms with Crippen LogP contribution in [-0.4, -0.2) is 122 Å². The Bertz CT molecular complexity index is 859. The molecule has 5 atom stereocenters. The minimum absolute atomic E-state index is 0.0344. The molecule has 0 saturated carbocycles. The maximum absolute atomic E-state index is 12.7.